The quantitative estimate of drug-likeness (QED) is 0.379. The number of amides is 2. The standard InChI is InChI=1S/C20H9Cl3FNO3S/c21-10-1-4-14(22)13(7-10)17-6-3-12(28-17)9-18-19(26)25(20(27)29-18)11-2-5-16(24)15(23)8-11/h1-9H/b18-9+. The number of furan rings is 1. The molecule has 9 heteroatoms. The number of benzene rings is 2. The van der Waals surface area contributed by atoms with Gasteiger partial charge < -0.3 is 4.42 Å². The van der Waals surface area contributed by atoms with Gasteiger partial charge in [0.15, 0.2) is 0 Å². The maximum atomic E-state index is 13.4. The SMILES string of the molecule is O=C1S/C(=C/c2ccc(-c3cc(Cl)ccc3Cl)o2)C(=O)N1c1ccc(F)c(Cl)c1. The van der Waals surface area contributed by atoms with Gasteiger partial charge in [-0.15, -0.1) is 0 Å². The predicted molar refractivity (Wildman–Crippen MR) is 114 cm³/mol. The third-order valence-electron chi connectivity index (χ3n) is 4.05. The largest absolute Gasteiger partial charge is 0.457 e. The summed E-state index contributed by atoms with van der Waals surface area (Å²) in [6.45, 7) is 0. The Bertz CT molecular complexity index is 1190. The number of hydrogen-bond acceptors (Lipinski definition) is 4. The molecule has 1 aliphatic heterocycles. The molecule has 1 saturated heterocycles. The molecule has 4 nitrogen and oxygen atoms in total. The van der Waals surface area contributed by atoms with Crippen molar-refractivity contribution in [2.45, 2.75) is 0 Å². The fraction of sp³-hybridized carbons (Fsp3) is 0. The summed E-state index contributed by atoms with van der Waals surface area (Å²) in [4.78, 5) is 26.1. The minimum atomic E-state index is -0.638. The van der Waals surface area contributed by atoms with Gasteiger partial charge in [0.25, 0.3) is 11.1 Å². The van der Waals surface area contributed by atoms with Gasteiger partial charge in [0, 0.05) is 16.7 Å². The highest BCUT2D eigenvalue weighted by atomic mass is 35.5. The Balaban J connectivity index is 1.63. The Hall–Kier alpha value is -2.25. The Morgan fingerprint density at radius 2 is 1.76 bits per heavy atom. The highest BCUT2D eigenvalue weighted by Gasteiger charge is 2.36. The van der Waals surface area contributed by atoms with E-state index in [2.05, 4.69) is 0 Å². The van der Waals surface area contributed by atoms with Crippen molar-refractivity contribution in [2.24, 2.45) is 0 Å². The van der Waals surface area contributed by atoms with Crippen LogP contribution in [0.25, 0.3) is 17.4 Å². The van der Waals surface area contributed by atoms with Gasteiger partial charge in [0.1, 0.15) is 17.3 Å². The molecule has 3 aromatic rings. The molecule has 0 spiro atoms. The van der Waals surface area contributed by atoms with Crippen molar-refractivity contribution in [1.82, 2.24) is 0 Å². The van der Waals surface area contributed by atoms with Crippen LogP contribution >= 0.6 is 46.6 Å². The highest BCUT2D eigenvalue weighted by molar-refractivity contribution is 8.19. The second-order valence-corrected chi connectivity index (χ2v) is 8.19. The molecule has 0 N–H and O–H groups in total. The zero-order valence-corrected chi connectivity index (χ0v) is 17.4. The number of halogens is 4. The van der Waals surface area contributed by atoms with Crippen molar-refractivity contribution in [2.75, 3.05) is 4.90 Å². The number of nitrogens with zero attached hydrogens (tertiary/aromatic N) is 1. The van der Waals surface area contributed by atoms with E-state index in [0.717, 1.165) is 22.7 Å². The lowest BCUT2D eigenvalue weighted by atomic mass is 10.2. The molecule has 0 aliphatic carbocycles. The number of hydrogen-bond donors (Lipinski definition) is 0. The number of thioether (sulfide) groups is 1. The van der Waals surface area contributed by atoms with Gasteiger partial charge in [-0.1, -0.05) is 34.8 Å². The third kappa shape index (κ3) is 3.94. The number of imide groups is 1. The summed E-state index contributed by atoms with van der Waals surface area (Å²) in [7, 11) is 0. The van der Waals surface area contributed by atoms with E-state index in [0.29, 0.717) is 27.1 Å². The summed E-state index contributed by atoms with van der Waals surface area (Å²) >= 11 is 18.7. The van der Waals surface area contributed by atoms with Crippen LogP contribution in [0.3, 0.4) is 0 Å². The topological polar surface area (TPSA) is 50.5 Å². The second-order valence-electron chi connectivity index (χ2n) is 5.94. The van der Waals surface area contributed by atoms with Crippen LogP contribution in [0.2, 0.25) is 15.1 Å². The van der Waals surface area contributed by atoms with Gasteiger partial charge in [-0.2, -0.15) is 0 Å². The number of carbonyl (C=O) groups excluding carboxylic acids is 2. The summed E-state index contributed by atoms with van der Waals surface area (Å²) in [5.74, 6) is -0.367. The number of anilines is 1. The molecule has 4 rings (SSSR count). The van der Waals surface area contributed by atoms with Crippen LogP contribution in [0.5, 0.6) is 0 Å². The lowest BCUT2D eigenvalue weighted by Gasteiger charge is -2.12. The van der Waals surface area contributed by atoms with Crippen molar-refractivity contribution in [3.05, 3.63) is 80.1 Å². The molecule has 2 aromatic carbocycles. The summed E-state index contributed by atoms with van der Waals surface area (Å²) in [5, 5.41) is 0.262. The van der Waals surface area contributed by atoms with Gasteiger partial charge in [-0.3, -0.25) is 9.59 Å². The smallest absolute Gasteiger partial charge is 0.298 e. The summed E-state index contributed by atoms with van der Waals surface area (Å²) in [6, 6.07) is 11.9. The Morgan fingerprint density at radius 3 is 2.52 bits per heavy atom. The molecular weight excluding hydrogens is 460 g/mol. The number of rotatable bonds is 3. The molecule has 0 saturated carbocycles. The molecule has 29 heavy (non-hydrogen) atoms. The molecule has 146 valence electrons. The van der Waals surface area contributed by atoms with E-state index in [1.807, 2.05) is 0 Å². The maximum Gasteiger partial charge on any atom is 0.298 e. The first kappa shape index (κ1) is 20.0. The predicted octanol–water partition coefficient (Wildman–Crippen LogP) is 7.29. The molecule has 0 unspecified atom stereocenters. The van der Waals surface area contributed by atoms with Crippen LogP contribution in [0.1, 0.15) is 5.76 Å². The average Bonchev–Trinajstić information content (AvgIpc) is 3.24. The van der Waals surface area contributed by atoms with Gasteiger partial charge in [-0.25, -0.2) is 9.29 Å². The van der Waals surface area contributed by atoms with Gasteiger partial charge >= 0.3 is 0 Å². The molecule has 0 bridgehead atoms. The van der Waals surface area contributed by atoms with E-state index in [4.69, 9.17) is 39.2 Å². The molecule has 0 atom stereocenters. The van der Waals surface area contributed by atoms with E-state index in [1.165, 1.54) is 18.2 Å². The lowest BCUT2D eigenvalue weighted by Crippen LogP contribution is -2.27. The maximum absolute atomic E-state index is 13.4. The molecule has 2 heterocycles. The van der Waals surface area contributed by atoms with Crippen molar-refractivity contribution in [3.63, 3.8) is 0 Å². The van der Waals surface area contributed by atoms with Crippen molar-refractivity contribution < 1.29 is 18.4 Å². The highest BCUT2D eigenvalue weighted by Crippen LogP contribution is 2.38. The minimum absolute atomic E-state index is 0.161. The van der Waals surface area contributed by atoms with E-state index in [9.17, 15) is 14.0 Å². The van der Waals surface area contributed by atoms with Crippen LogP contribution in [-0.4, -0.2) is 11.1 Å². The zero-order chi connectivity index (χ0) is 20.7. The molecule has 1 aromatic heterocycles. The summed E-state index contributed by atoms with van der Waals surface area (Å²) in [5.41, 5.74) is 0.793. The fourth-order valence-electron chi connectivity index (χ4n) is 2.71. The van der Waals surface area contributed by atoms with Crippen molar-refractivity contribution in [1.29, 1.82) is 0 Å². The van der Waals surface area contributed by atoms with Crippen molar-refractivity contribution >= 4 is 69.5 Å². The van der Waals surface area contributed by atoms with Crippen LogP contribution in [-0.2, 0) is 4.79 Å². The van der Waals surface area contributed by atoms with E-state index in [-0.39, 0.29) is 15.6 Å². The van der Waals surface area contributed by atoms with Crippen LogP contribution in [0, 0.1) is 5.82 Å². The molecule has 0 radical (unpaired) electrons. The van der Waals surface area contributed by atoms with Gasteiger partial charge in [-0.05, 0) is 60.3 Å². The van der Waals surface area contributed by atoms with Crippen LogP contribution in [0.4, 0.5) is 14.9 Å². The Labute approximate surface area is 183 Å². The lowest BCUT2D eigenvalue weighted by molar-refractivity contribution is -0.113. The van der Waals surface area contributed by atoms with Gasteiger partial charge in [0.05, 0.1) is 20.6 Å². The molecule has 1 fully saturated rings. The summed E-state index contributed by atoms with van der Waals surface area (Å²) < 4.78 is 19.1. The third-order valence-corrected chi connectivity index (χ3v) is 5.77. The Morgan fingerprint density at radius 1 is 0.966 bits per heavy atom. The Kier molecular flexibility index (Phi) is 5.44. The monoisotopic (exact) mass is 467 g/mol. The first-order valence-corrected chi connectivity index (χ1v) is 10.1. The normalized spacial score (nSPS) is 15.6. The first-order valence-electron chi connectivity index (χ1n) is 8.12. The zero-order valence-electron chi connectivity index (χ0n) is 14.3. The minimum Gasteiger partial charge on any atom is -0.457 e. The molecule has 2 amide bonds. The van der Waals surface area contributed by atoms with Gasteiger partial charge in [0.2, 0.25) is 0 Å². The number of carbonyl (C=O) groups is 2. The summed E-state index contributed by atoms with van der Waals surface area (Å²) in [6.07, 6.45) is 1.46. The van der Waals surface area contributed by atoms with Crippen LogP contribution in [0.15, 0.2) is 57.9 Å². The molecule has 1 aliphatic rings. The average molecular weight is 469 g/mol. The van der Waals surface area contributed by atoms with Crippen molar-refractivity contribution in [3.8, 4) is 11.3 Å². The van der Waals surface area contributed by atoms with Crippen LogP contribution < -0.4 is 4.90 Å². The van der Waals surface area contributed by atoms with E-state index < -0.39 is 17.0 Å². The molecular formula is C20H9Cl3FNO3S. The first-order chi connectivity index (χ1) is 13.8. The van der Waals surface area contributed by atoms with E-state index >= 15 is 0 Å². The van der Waals surface area contributed by atoms with E-state index in [1.54, 1.807) is 30.3 Å². The second kappa shape index (κ2) is 7.88. The fourth-order valence-corrected chi connectivity index (χ4v) is 4.08.